The Bertz CT molecular complexity index is 1310. The van der Waals surface area contributed by atoms with Crippen LogP contribution in [0.25, 0.3) is 27.7 Å². The molecule has 164 valence electrons. The Morgan fingerprint density at radius 3 is 2.72 bits per heavy atom. The minimum absolute atomic E-state index is 0.279. The third-order valence-electron chi connectivity index (χ3n) is 4.90. The molecular formula is C24H23N3O4S. The molecule has 7 nitrogen and oxygen atoms in total. The maximum Gasteiger partial charge on any atom is 0.250 e. The van der Waals surface area contributed by atoms with E-state index in [1.807, 2.05) is 57.2 Å². The van der Waals surface area contributed by atoms with Crippen LogP contribution in [0.15, 0.2) is 53.2 Å². The normalized spacial score (nSPS) is 11.6. The number of aryl methyl sites for hydroxylation is 1. The number of hydrogen-bond acceptors (Lipinski definition) is 7. The number of methoxy groups -OCH3 is 1. The molecular weight excluding hydrogens is 426 g/mol. The molecule has 0 atom stereocenters. The number of anilines is 1. The van der Waals surface area contributed by atoms with Crippen LogP contribution in [0.4, 0.5) is 5.13 Å². The van der Waals surface area contributed by atoms with Gasteiger partial charge in [-0.25, -0.2) is 0 Å². The van der Waals surface area contributed by atoms with Crippen LogP contribution in [-0.4, -0.2) is 29.8 Å². The van der Waals surface area contributed by atoms with Gasteiger partial charge in [0.05, 0.1) is 20.0 Å². The third kappa shape index (κ3) is 4.36. The second kappa shape index (κ2) is 9.23. The van der Waals surface area contributed by atoms with E-state index in [1.165, 1.54) is 17.4 Å². The van der Waals surface area contributed by atoms with E-state index < -0.39 is 0 Å². The highest BCUT2D eigenvalue weighted by Crippen LogP contribution is 2.40. The first-order chi connectivity index (χ1) is 15.5. The Morgan fingerprint density at radius 2 is 2.00 bits per heavy atom. The van der Waals surface area contributed by atoms with E-state index >= 15 is 0 Å². The number of allylic oxidation sites excluding steroid dienone is 1. The van der Waals surface area contributed by atoms with Crippen LogP contribution < -0.4 is 14.8 Å². The predicted octanol–water partition coefficient (Wildman–Crippen LogP) is 5.71. The molecule has 1 amide bonds. The Labute approximate surface area is 189 Å². The topological polar surface area (TPSA) is 86.5 Å². The van der Waals surface area contributed by atoms with Crippen molar-refractivity contribution in [1.29, 1.82) is 0 Å². The molecule has 0 unspecified atom stereocenters. The van der Waals surface area contributed by atoms with Crippen molar-refractivity contribution in [3.8, 4) is 22.6 Å². The maximum absolute atomic E-state index is 12.5. The fourth-order valence-electron chi connectivity index (χ4n) is 3.48. The quantitative estimate of drug-likeness (QED) is 0.364. The largest absolute Gasteiger partial charge is 0.496 e. The van der Waals surface area contributed by atoms with Crippen LogP contribution in [-0.2, 0) is 4.79 Å². The van der Waals surface area contributed by atoms with Gasteiger partial charge in [-0.15, -0.1) is 10.2 Å². The first-order valence-electron chi connectivity index (χ1n) is 10.1. The molecule has 0 aliphatic rings. The summed E-state index contributed by atoms with van der Waals surface area (Å²) in [6, 6.07) is 11.6. The Kier molecular flexibility index (Phi) is 6.23. The predicted molar refractivity (Wildman–Crippen MR) is 126 cm³/mol. The van der Waals surface area contributed by atoms with Gasteiger partial charge in [0.2, 0.25) is 11.0 Å². The number of rotatable bonds is 7. The van der Waals surface area contributed by atoms with Gasteiger partial charge < -0.3 is 13.9 Å². The van der Waals surface area contributed by atoms with Crippen LogP contribution in [0.1, 0.15) is 24.4 Å². The summed E-state index contributed by atoms with van der Waals surface area (Å²) in [6.07, 6.45) is 3.24. The monoisotopic (exact) mass is 449 g/mol. The van der Waals surface area contributed by atoms with Crippen molar-refractivity contribution in [3.63, 3.8) is 0 Å². The molecule has 0 aliphatic heterocycles. The van der Waals surface area contributed by atoms with Crippen molar-refractivity contribution in [2.24, 2.45) is 0 Å². The standard InChI is InChI=1S/C24H23N3O4S/c1-5-30-21-12-22-18(19(13-31-22)16-8-6-7-9-20(16)29-4)11-17(21)14(2)10-23(28)25-24-27-26-15(3)32-24/h6-13H,5H2,1-4H3,(H,25,27,28)/b14-10+. The summed E-state index contributed by atoms with van der Waals surface area (Å²) in [4.78, 5) is 12.5. The van der Waals surface area contributed by atoms with Crippen LogP contribution >= 0.6 is 11.3 Å². The minimum Gasteiger partial charge on any atom is -0.496 e. The lowest BCUT2D eigenvalue weighted by molar-refractivity contribution is -0.111. The van der Waals surface area contributed by atoms with E-state index in [0.29, 0.717) is 23.1 Å². The fourth-order valence-corrected chi connectivity index (χ4v) is 4.07. The fraction of sp³-hybridized carbons (Fsp3) is 0.208. The molecule has 0 fully saturated rings. The first-order valence-corrected chi connectivity index (χ1v) is 10.9. The number of benzene rings is 2. The summed E-state index contributed by atoms with van der Waals surface area (Å²) in [5.41, 5.74) is 4.08. The lowest BCUT2D eigenvalue weighted by Crippen LogP contribution is -2.08. The first kappa shape index (κ1) is 21.6. The zero-order valence-electron chi connectivity index (χ0n) is 18.3. The molecule has 0 spiro atoms. The van der Waals surface area contributed by atoms with Gasteiger partial charge in [-0.3, -0.25) is 10.1 Å². The number of nitrogens with one attached hydrogen (secondary N) is 1. The summed E-state index contributed by atoms with van der Waals surface area (Å²) < 4.78 is 17.2. The minimum atomic E-state index is -0.279. The van der Waals surface area contributed by atoms with Gasteiger partial charge >= 0.3 is 0 Å². The molecule has 2 aromatic carbocycles. The molecule has 4 rings (SSSR count). The summed E-state index contributed by atoms with van der Waals surface area (Å²) in [7, 11) is 1.64. The van der Waals surface area contributed by atoms with E-state index in [2.05, 4.69) is 15.5 Å². The number of para-hydroxylation sites is 1. The van der Waals surface area contributed by atoms with Gasteiger partial charge in [0.15, 0.2) is 0 Å². The Hall–Kier alpha value is -3.65. The summed E-state index contributed by atoms with van der Waals surface area (Å²) in [5.74, 6) is 1.12. The average molecular weight is 450 g/mol. The van der Waals surface area contributed by atoms with Crippen LogP contribution in [0.3, 0.4) is 0 Å². The van der Waals surface area contributed by atoms with Gasteiger partial charge in [-0.05, 0) is 38.5 Å². The second-order valence-electron chi connectivity index (χ2n) is 7.07. The zero-order valence-corrected chi connectivity index (χ0v) is 19.1. The highest BCUT2D eigenvalue weighted by Gasteiger charge is 2.17. The number of aromatic nitrogens is 2. The SMILES string of the molecule is CCOc1cc2occ(-c3ccccc3OC)c2cc1/C(C)=C/C(=O)Nc1nnc(C)s1. The molecule has 0 bridgehead atoms. The van der Waals surface area contributed by atoms with E-state index in [9.17, 15) is 4.79 Å². The summed E-state index contributed by atoms with van der Waals surface area (Å²) >= 11 is 1.32. The summed E-state index contributed by atoms with van der Waals surface area (Å²) in [6.45, 7) is 6.11. The molecule has 2 aromatic heterocycles. The van der Waals surface area contributed by atoms with Crippen LogP contribution in [0, 0.1) is 6.92 Å². The molecule has 8 heteroatoms. The highest BCUT2D eigenvalue weighted by molar-refractivity contribution is 7.15. The van der Waals surface area contributed by atoms with Gasteiger partial charge in [-0.1, -0.05) is 29.5 Å². The number of ether oxygens (including phenoxy) is 2. The number of carbonyl (C=O) groups is 1. The number of carbonyl (C=O) groups excluding carboxylic acids is 1. The molecule has 0 saturated carbocycles. The number of hydrogen-bond donors (Lipinski definition) is 1. The Morgan fingerprint density at radius 1 is 1.19 bits per heavy atom. The highest BCUT2D eigenvalue weighted by atomic mass is 32.1. The van der Waals surface area contributed by atoms with Crippen molar-refractivity contribution in [2.45, 2.75) is 20.8 Å². The second-order valence-corrected chi connectivity index (χ2v) is 8.25. The number of furan rings is 1. The van der Waals surface area contributed by atoms with Crippen molar-refractivity contribution < 1.29 is 18.7 Å². The van der Waals surface area contributed by atoms with Crippen molar-refractivity contribution in [3.05, 3.63) is 59.3 Å². The van der Waals surface area contributed by atoms with Crippen molar-refractivity contribution >= 4 is 38.9 Å². The Balaban J connectivity index is 1.76. The van der Waals surface area contributed by atoms with E-state index in [1.54, 1.807) is 13.4 Å². The summed E-state index contributed by atoms with van der Waals surface area (Å²) in [5, 5.41) is 12.8. The molecule has 2 heterocycles. The molecule has 0 aliphatic carbocycles. The number of amides is 1. The molecule has 32 heavy (non-hydrogen) atoms. The zero-order chi connectivity index (χ0) is 22.7. The lowest BCUT2D eigenvalue weighted by atomic mass is 9.98. The van der Waals surface area contributed by atoms with Crippen molar-refractivity contribution in [1.82, 2.24) is 10.2 Å². The van der Waals surface area contributed by atoms with Gasteiger partial charge in [0.1, 0.15) is 22.1 Å². The van der Waals surface area contributed by atoms with Crippen LogP contribution in [0.5, 0.6) is 11.5 Å². The van der Waals surface area contributed by atoms with Crippen molar-refractivity contribution in [2.75, 3.05) is 19.0 Å². The smallest absolute Gasteiger partial charge is 0.250 e. The van der Waals surface area contributed by atoms with E-state index in [-0.39, 0.29) is 5.91 Å². The van der Waals surface area contributed by atoms with E-state index in [4.69, 9.17) is 13.9 Å². The third-order valence-corrected chi connectivity index (χ3v) is 5.66. The van der Waals surface area contributed by atoms with E-state index in [0.717, 1.165) is 38.4 Å². The number of fused-ring (bicyclic) bond motifs is 1. The van der Waals surface area contributed by atoms with Gasteiger partial charge in [0, 0.05) is 34.2 Å². The molecule has 0 radical (unpaired) electrons. The lowest BCUT2D eigenvalue weighted by Gasteiger charge is -2.12. The van der Waals surface area contributed by atoms with Gasteiger partial charge in [-0.2, -0.15) is 0 Å². The number of nitrogens with zero attached hydrogens (tertiary/aromatic N) is 2. The van der Waals surface area contributed by atoms with Crippen LogP contribution in [0.2, 0.25) is 0 Å². The van der Waals surface area contributed by atoms with Gasteiger partial charge in [0.25, 0.3) is 0 Å². The average Bonchev–Trinajstić information content (AvgIpc) is 3.38. The maximum atomic E-state index is 12.5. The molecule has 0 saturated heterocycles. The molecule has 1 N–H and O–H groups in total. The molecule has 4 aromatic rings.